The fourth-order valence-corrected chi connectivity index (χ4v) is 0.965. The Bertz CT molecular complexity index is 498. The minimum absolute atomic E-state index is 0.776. The van der Waals surface area contributed by atoms with Crippen LogP contribution >= 0.6 is 0 Å². The Labute approximate surface area is 104 Å². The van der Waals surface area contributed by atoms with E-state index in [9.17, 15) is 26.7 Å². The van der Waals surface area contributed by atoms with E-state index in [-0.39, 0.29) is 0 Å². The summed E-state index contributed by atoms with van der Waals surface area (Å²) in [4.78, 5) is 15.0. The van der Waals surface area contributed by atoms with Crippen LogP contribution in [0.25, 0.3) is 0 Å². The van der Waals surface area contributed by atoms with Crippen LogP contribution in [-0.4, -0.2) is 11.8 Å². The molecule has 0 bridgehead atoms. The zero-order chi connectivity index (χ0) is 15.0. The monoisotopic (exact) mass is 286 g/mol. The molecule has 0 amide bonds. The van der Waals surface area contributed by atoms with E-state index in [1.807, 2.05) is 0 Å². The van der Waals surface area contributed by atoms with Gasteiger partial charge in [0.2, 0.25) is 5.82 Å². The summed E-state index contributed by atoms with van der Waals surface area (Å²) in [6.45, 7) is 4.24. The zero-order valence-corrected chi connectivity index (χ0v) is 10.1. The van der Waals surface area contributed by atoms with Crippen molar-refractivity contribution in [2.45, 2.75) is 26.4 Å². The van der Waals surface area contributed by atoms with E-state index in [0.717, 1.165) is 0 Å². The van der Waals surface area contributed by atoms with Gasteiger partial charge in [0.1, 0.15) is 10.3 Å². The van der Waals surface area contributed by atoms with E-state index < -0.39 is 45.8 Å². The first-order chi connectivity index (χ1) is 8.54. The Morgan fingerprint density at radius 3 is 1.74 bits per heavy atom. The van der Waals surface area contributed by atoms with Crippen molar-refractivity contribution < 1.29 is 41.1 Å². The van der Waals surface area contributed by atoms with Crippen molar-refractivity contribution >= 4 is 6.16 Å². The lowest BCUT2D eigenvalue weighted by Gasteiger charge is -2.16. The summed E-state index contributed by atoms with van der Waals surface area (Å²) in [6, 6.07) is 0. The van der Waals surface area contributed by atoms with Crippen molar-refractivity contribution in [3.63, 3.8) is 0 Å². The second kappa shape index (κ2) is 4.98. The van der Waals surface area contributed by atoms with Crippen LogP contribution in [0.4, 0.5) is 26.7 Å². The molecular weight excluding hydrogens is 277 g/mol. The molecule has 106 valence electrons. The lowest BCUT2D eigenvalue weighted by atomic mass is 10.2. The third kappa shape index (κ3) is 3.30. The molecule has 9 heteroatoms. The molecule has 19 heavy (non-hydrogen) atoms. The second-order valence-electron chi connectivity index (χ2n) is 4.37. The molecule has 1 rings (SSSR count). The van der Waals surface area contributed by atoms with Crippen LogP contribution in [0.5, 0.6) is 0 Å². The molecule has 1 aromatic rings. The molecule has 0 saturated heterocycles. The SMILES string of the molecule is CC(C)(C)OC(=O)O[n+]1c(F)c(F)c(F)c(F)c1F. The van der Waals surface area contributed by atoms with Gasteiger partial charge in [-0.3, -0.25) is 0 Å². The standard InChI is InChI=1S/C10H9F5NO3/c1-10(2,3)18-9(17)19-16-7(14)5(12)4(11)6(13)8(16)15/h1-3H3/q+1. The third-order valence-corrected chi connectivity index (χ3v) is 1.66. The summed E-state index contributed by atoms with van der Waals surface area (Å²) >= 11 is 0. The highest BCUT2D eigenvalue weighted by atomic mass is 19.2. The first-order valence-electron chi connectivity index (χ1n) is 4.89. The van der Waals surface area contributed by atoms with Crippen LogP contribution in [0.1, 0.15) is 20.8 Å². The van der Waals surface area contributed by atoms with Gasteiger partial charge in [0.25, 0.3) is 11.6 Å². The number of carbonyl (C=O) groups excluding carboxylic acids is 1. The first kappa shape index (κ1) is 15.1. The predicted molar refractivity (Wildman–Crippen MR) is 49.2 cm³/mol. The number of rotatable bonds is 1. The molecule has 0 aliphatic heterocycles. The Kier molecular flexibility index (Phi) is 3.97. The molecule has 0 spiro atoms. The fraction of sp³-hybridized carbons (Fsp3) is 0.400. The third-order valence-electron chi connectivity index (χ3n) is 1.66. The number of nitrogens with zero attached hydrogens (tertiary/aromatic N) is 1. The number of pyridine rings is 1. The number of hydrogen-bond acceptors (Lipinski definition) is 3. The highest BCUT2D eigenvalue weighted by Gasteiger charge is 2.38. The van der Waals surface area contributed by atoms with Gasteiger partial charge in [0.15, 0.2) is 0 Å². The molecule has 4 nitrogen and oxygen atoms in total. The number of hydrogen-bond donors (Lipinski definition) is 0. The van der Waals surface area contributed by atoms with Gasteiger partial charge in [0, 0.05) is 0 Å². The van der Waals surface area contributed by atoms with Crippen LogP contribution in [0.15, 0.2) is 0 Å². The Balaban J connectivity index is 3.13. The van der Waals surface area contributed by atoms with Crippen LogP contribution in [0, 0.1) is 29.3 Å². The summed E-state index contributed by atoms with van der Waals surface area (Å²) in [6.07, 6.45) is -1.62. The molecule has 0 atom stereocenters. The Morgan fingerprint density at radius 1 is 0.947 bits per heavy atom. The molecule has 0 aliphatic carbocycles. The van der Waals surface area contributed by atoms with E-state index in [1.165, 1.54) is 20.8 Å². The van der Waals surface area contributed by atoms with Crippen molar-refractivity contribution in [1.29, 1.82) is 0 Å². The van der Waals surface area contributed by atoms with Gasteiger partial charge >= 0.3 is 18.1 Å². The van der Waals surface area contributed by atoms with E-state index in [0.29, 0.717) is 0 Å². The first-order valence-corrected chi connectivity index (χ1v) is 4.89. The largest absolute Gasteiger partial charge is 0.572 e. The molecule has 0 N–H and O–H groups in total. The molecule has 0 unspecified atom stereocenters. The second-order valence-corrected chi connectivity index (χ2v) is 4.37. The van der Waals surface area contributed by atoms with Gasteiger partial charge in [-0.15, -0.1) is 13.6 Å². The smallest absolute Gasteiger partial charge is 0.425 e. The average molecular weight is 286 g/mol. The zero-order valence-electron chi connectivity index (χ0n) is 10.1. The Hall–Kier alpha value is -1.93. The summed E-state index contributed by atoms with van der Waals surface area (Å²) in [5.74, 6) is -11.5. The minimum Gasteiger partial charge on any atom is -0.425 e. The van der Waals surface area contributed by atoms with Gasteiger partial charge < -0.3 is 4.74 Å². The van der Waals surface area contributed by atoms with Gasteiger partial charge in [-0.05, 0) is 20.8 Å². The minimum atomic E-state index is -2.36. The van der Waals surface area contributed by atoms with Crippen LogP contribution in [0.3, 0.4) is 0 Å². The molecule has 0 aromatic carbocycles. The highest BCUT2D eigenvalue weighted by Crippen LogP contribution is 2.13. The average Bonchev–Trinajstić information content (AvgIpc) is 2.27. The molecule has 1 aromatic heterocycles. The lowest BCUT2D eigenvalue weighted by molar-refractivity contribution is -0.912. The fourth-order valence-electron chi connectivity index (χ4n) is 0.965. The van der Waals surface area contributed by atoms with E-state index in [1.54, 1.807) is 0 Å². The summed E-state index contributed by atoms with van der Waals surface area (Å²) in [7, 11) is 0. The predicted octanol–water partition coefficient (Wildman–Crippen LogP) is 2.03. The van der Waals surface area contributed by atoms with Crippen molar-refractivity contribution in [3.8, 4) is 0 Å². The van der Waals surface area contributed by atoms with Gasteiger partial charge in [-0.1, -0.05) is 0 Å². The quantitative estimate of drug-likeness (QED) is 0.343. The maximum Gasteiger partial charge on any atom is 0.572 e. The summed E-state index contributed by atoms with van der Waals surface area (Å²) in [5, 5.41) is 0. The summed E-state index contributed by atoms with van der Waals surface area (Å²) < 4.78 is 68.2. The van der Waals surface area contributed by atoms with Gasteiger partial charge in [0.05, 0.1) is 0 Å². The molecule has 0 saturated carbocycles. The van der Waals surface area contributed by atoms with Crippen molar-refractivity contribution in [1.82, 2.24) is 0 Å². The summed E-state index contributed by atoms with van der Waals surface area (Å²) in [5.41, 5.74) is -1.07. The number of carbonyl (C=O) groups is 1. The van der Waals surface area contributed by atoms with Crippen molar-refractivity contribution in [3.05, 3.63) is 29.3 Å². The number of halogens is 5. The van der Waals surface area contributed by atoms with E-state index in [2.05, 4.69) is 9.57 Å². The molecule has 1 heterocycles. The maximum atomic E-state index is 13.1. The molecule has 0 radical (unpaired) electrons. The lowest BCUT2D eigenvalue weighted by Crippen LogP contribution is -2.55. The van der Waals surface area contributed by atoms with Crippen LogP contribution in [0.2, 0.25) is 0 Å². The Morgan fingerprint density at radius 2 is 1.37 bits per heavy atom. The molecular formula is C10H9F5NO3+. The van der Waals surface area contributed by atoms with Crippen LogP contribution < -0.4 is 9.57 Å². The molecule has 0 aliphatic rings. The maximum absolute atomic E-state index is 13.1. The number of ether oxygens (including phenoxy) is 1. The van der Waals surface area contributed by atoms with Gasteiger partial charge in [-0.25, -0.2) is 0 Å². The van der Waals surface area contributed by atoms with Crippen LogP contribution in [-0.2, 0) is 4.74 Å². The van der Waals surface area contributed by atoms with E-state index in [4.69, 9.17) is 0 Å². The topological polar surface area (TPSA) is 39.4 Å². The highest BCUT2D eigenvalue weighted by molar-refractivity contribution is 5.59. The normalized spacial score (nSPS) is 11.4. The molecule has 0 fully saturated rings. The van der Waals surface area contributed by atoms with Crippen molar-refractivity contribution in [2.75, 3.05) is 0 Å². The van der Waals surface area contributed by atoms with Gasteiger partial charge in [-0.2, -0.15) is 18.0 Å². The number of aromatic nitrogens is 1. The van der Waals surface area contributed by atoms with E-state index >= 15 is 0 Å². The van der Waals surface area contributed by atoms with Crippen molar-refractivity contribution in [2.24, 2.45) is 0 Å².